The Morgan fingerprint density at radius 1 is 1.25 bits per heavy atom. The van der Waals surface area contributed by atoms with E-state index in [0.717, 1.165) is 18.7 Å². The molecule has 0 aliphatic heterocycles. The molecule has 2 unspecified atom stereocenters. The molecule has 0 heterocycles. The average Bonchev–Trinajstić information content (AvgIpc) is 2.48. The lowest BCUT2D eigenvalue weighted by Crippen LogP contribution is -2.33. The van der Waals surface area contributed by atoms with Gasteiger partial charge in [0, 0.05) is 30.6 Å². The first-order valence-electron chi connectivity index (χ1n) is 7.69. The van der Waals surface area contributed by atoms with Gasteiger partial charge in [-0.2, -0.15) is 11.8 Å². The summed E-state index contributed by atoms with van der Waals surface area (Å²) < 4.78 is 0. The van der Waals surface area contributed by atoms with Gasteiger partial charge in [-0.15, -0.1) is 0 Å². The number of thioether (sulfide) groups is 1. The Bertz CT molecular complexity index is 360. The molecule has 0 spiro atoms. The van der Waals surface area contributed by atoms with Gasteiger partial charge in [-0.05, 0) is 44.2 Å². The lowest BCUT2D eigenvalue weighted by atomic mass is 10.0. The van der Waals surface area contributed by atoms with E-state index >= 15 is 0 Å². The van der Waals surface area contributed by atoms with Crippen LogP contribution in [0.3, 0.4) is 0 Å². The summed E-state index contributed by atoms with van der Waals surface area (Å²) in [5, 5.41) is 3.67. The summed E-state index contributed by atoms with van der Waals surface area (Å²) in [5.74, 6) is 1.16. The number of hydrogen-bond donors (Lipinski definition) is 1. The molecule has 0 aromatic heterocycles. The van der Waals surface area contributed by atoms with E-state index in [9.17, 15) is 0 Å². The number of benzene rings is 1. The van der Waals surface area contributed by atoms with Gasteiger partial charge in [0.05, 0.1) is 0 Å². The van der Waals surface area contributed by atoms with Crippen LogP contribution in [-0.4, -0.2) is 31.6 Å². The van der Waals surface area contributed by atoms with E-state index in [2.05, 4.69) is 68.6 Å². The summed E-state index contributed by atoms with van der Waals surface area (Å²) in [6, 6.07) is 9.83. The molecule has 0 aliphatic carbocycles. The Hall–Kier alpha value is -0.670. The maximum Gasteiger partial charge on any atom is 0.0414 e. The van der Waals surface area contributed by atoms with Gasteiger partial charge in [0.1, 0.15) is 0 Å². The molecule has 0 saturated heterocycles. The van der Waals surface area contributed by atoms with Crippen LogP contribution < -0.4 is 10.2 Å². The molecule has 0 amide bonds. The topological polar surface area (TPSA) is 15.3 Å². The second-order valence-electron chi connectivity index (χ2n) is 5.39. The van der Waals surface area contributed by atoms with E-state index in [0.29, 0.717) is 12.1 Å². The van der Waals surface area contributed by atoms with Crippen LogP contribution in [0.2, 0.25) is 0 Å². The predicted molar refractivity (Wildman–Crippen MR) is 94.0 cm³/mol. The van der Waals surface area contributed by atoms with Crippen LogP contribution in [0.4, 0.5) is 5.69 Å². The third-order valence-electron chi connectivity index (χ3n) is 3.81. The van der Waals surface area contributed by atoms with E-state index in [-0.39, 0.29) is 0 Å². The molecule has 1 rings (SSSR count). The average molecular weight is 295 g/mol. The molecule has 0 saturated carbocycles. The standard InChI is InChI=1S/C17H30N2S/c1-6-12-18-16(7-2)15-10-8-9-11-17(15)19(4)14(3)13-20-5/h8-11,14,16,18H,6-7,12-13H2,1-5H3. The molecule has 2 atom stereocenters. The normalized spacial score (nSPS) is 14.1. The number of para-hydroxylation sites is 1. The maximum absolute atomic E-state index is 3.67. The van der Waals surface area contributed by atoms with E-state index in [4.69, 9.17) is 0 Å². The fourth-order valence-corrected chi connectivity index (χ4v) is 3.19. The molecule has 114 valence electrons. The summed E-state index contributed by atoms with van der Waals surface area (Å²) in [6.45, 7) is 7.86. The summed E-state index contributed by atoms with van der Waals surface area (Å²) in [5.41, 5.74) is 2.79. The molecule has 20 heavy (non-hydrogen) atoms. The second-order valence-corrected chi connectivity index (χ2v) is 6.30. The fraction of sp³-hybridized carbons (Fsp3) is 0.647. The Labute approximate surface area is 129 Å². The Kier molecular flexibility index (Phi) is 8.08. The van der Waals surface area contributed by atoms with Crippen molar-refractivity contribution in [1.82, 2.24) is 5.32 Å². The molecule has 0 bridgehead atoms. The fourth-order valence-electron chi connectivity index (χ4n) is 2.49. The van der Waals surface area contributed by atoms with Crippen LogP contribution in [0.15, 0.2) is 24.3 Å². The van der Waals surface area contributed by atoms with Crippen LogP contribution in [0.1, 0.15) is 45.2 Å². The molecule has 1 aromatic carbocycles. The Morgan fingerprint density at radius 2 is 1.95 bits per heavy atom. The van der Waals surface area contributed by atoms with E-state index < -0.39 is 0 Å². The first-order valence-corrected chi connectivity index (χ1v) is 9.09. The summed E-state index contributed by atoms with van der Waals surface area (Å²) in [7, 11) is 2.21. The molecule has 0 fully saturated rings. The molecule has 0 aliphatic rings. The quantitative estimate of drug-likeness (QED) is 0.730. The van der Waals surface area contributed by atoms with Gasteiger partial charge in [0.15, 0.2) is 0 Å². The van der Waals surface area contributed by atoms with Crippen molar-refractivity contribution in [2.75, 3.05) is 30.5 Å². The number of hydrogen-bond acceptors (Lipinski definition) is 3. The minimum Gasteiger partial charge on any atom is -0.371 e. The summed E-state index contributed by atoms with van der Waals surface area (Å²) >= 11 is 1.91. The van der Waals surface area contributed by atoms with Gasteiger partial charge in [0.25, 0.3) is 0 Å². The highest BCUT2D eigenvalue weighted by atomic mass is 32.2. The monoisotopic (exact) mass is 294 g/mol. The summed E-state index contributed by atoms with van der Waals surface area (Å²) in [6.07, 6.45) is 4.48. The van der Waals surface area contributed by atoms with E-state index in [1.807, 2.05) is 11.8 Å². The molecule has 1 aromatic rings. The minimum atomic E-state index is 0.454. The van der Waals surface area contributed by atoms with Crippen LogP contribution in [-0.2, 0) is 0 Å². The van der Waals surface area contributed by atoms with Gasteiger partial charge in [-0.1, -0.05) is 32.0 Å². The van der Waals surface area contributed by atoms with Crippen molar-refractivity contribution in [2.45, 2.75) is 45.7 Å². The number of nitrogens with one attached hydrogen (secondary N) is 1. The molecular weight excluding hydrogens is 264 g/mol. The van der Waals surface area contributed by atoms with Gasteiger partial charge >= 0.3 is 0 Å². The van der Waals surface area contributed by atoms with Crippen LogP contribution >= 0.6 is 11.8 Å². The number of anilines is 1. The largest absolute Gasteiger partial charge is 0.371 e. The van der Waals surface area contributed by atoms with Crippen LogP contribution in [0.5, 0.6) is 0 Å². The van der Waals surface area contributed by atoms with Gasteiger partial charge < -0.3 is 10.2 Å². The van der Waals surface area contributed by atoms with Crippen molar-refractivity contribution in [3.8, 4) is 0 Å². The van der Waals surface area contributed by atoms with Crippen molar-refractivity contribution in [3.05, 3.63) is 29.8 Å². The molecular formula is C17H30N2S. The predicted octanol–water partition coefficient (Wildman–Crippen LogP) is 4.33. The summed E-state index contributed by atoms with van der Waals surface area (Å²) in [4.78, 5) is 2.42. The highest BCUT2D eigenvalue weighted by Gasteiger charge is 2.17. The zero-order valence-electron chi connectivity index (χ0n) is 13.6. The second kappa shape index (κ2) is 9.30. The molecule has 2 nitrogen and oxygen atoms in total. The van der Waals surface area contributed by atoms with Crippen LogP contribution in [0, 0.1) is 0 Å². The van der Waals surface area contributed by atoms with E-state index in [1.54, 1.807) is 0 Å². The highest BCUT2D eigenvalue weighted by Crippen LogP contribution is 2.29. The number of nitrogens with zero attached hydrogens (tertiary/aromatic N) is 1. The van der Waals surface area contributed by atoms with Crippen molar-refractivity contribution < 1.29 is 0 Å². The first kappa shape index (κ1) is 17.4. The smallest absolute Gasteiger partial charge is 0.0414 e. The van der Waals surface area contributed by atoms with Gasteiger partial charge in [0.2, 0.25) is 0 Å². The van der Waals surface area contributed by atoms with Crippen molar-refractivity contribution >= 4 is 17.4 Å². The van der Waals surface area contributed by atoms with Crippen LogP contribution in [0.25, 0.3) is 0 Å². The Balaban J connectivity index is 2.96. The lowest BCUT2D eigenvalue weighted by molar-refractivity contribution is 0.517. The third-order valence-corrected chi connectivity index (χ3v) is 4.63. The van der Waals surface area contributed by atoms with Crippen molar-refractivity contribution in [2.24, 2.45) is 0 Å². The van der Waals surface area contributed by atoms with Gasteiger partial charge in [-0.25, -0.2) is 0 Å². The van der Waals surface area contributed by atoms with Crippen molar-refractivity contribution in [1.29, 1.82) is 0 Å². The first-order chi connectivity index (χ1) is 9.65. The SMILES string of the molecule is CCCNC(CC)c1ccccc1N(C)C(C)CSC. The van der Waals surface area contributed by atoms with Gasteiger partial charge in [-0.3, -0.25) is 0 Å². The molecule has 1 N–H and O–H groups in total. The minimum absolute atomic E-state index is 0.454. The van der Waals surface area contributed by atoms with E-state index in [1.165, 1.54) is 17.7 Å². The molecule has 0 radical (unpaired) electrons. The number of rotatable bonds is 9. The lowest BCUT2D eigenvalue weighted by Gasteiger charge is -2.31. The maximum atomic E-state index is 3.67. The zero-order valence-corrected chi connectivity index (χ0v) is 14.5. The molecule has 3 heteroatoms. The zero-order chi connectivity index (χ0) is 15.0. The third kappa shape index (κ3) is 4.71. The Morgan fingerprint density at radius 3 is 2.55 bits per heavy atom. The van der Waals surface area contributed by atoms with Crippen molar-refractivity contribution in [3.63, 3.8) is 0 Å². The highest BCUT2D eigenvalue weighted by molar-refractivity contribution is 7.98.